The van der Waals surface area contributed by atoms with Gasteiger partial charge in [-0.1, -0.05) is 46.3 Å². The zero-order valence-electron chi connectivity index (χ0n) is 18.5. The largest absolute Gasteiger partial charge is 0.493 e. The van der Waals surface area contributed by atoms with E-state index in [1.165, 1.54) is 19.2 Å². The Hall–Kier alpha value is -3.04. The number of hydrogen-bond acceptors (Lipinski definition) is 5. The Kier molecular flexibility index (Phi) is 7.99. The molecule has 0 fully saturated rings. The molecule has 0 aliphatic carbocycles. The highest BCUT2D eigenvalue weighted by Gasteiger charge is 2.27. The van der Waals surface area contributed by atoms with Crippen LogP contribution in [0.5, 0.6) is 11.5 Å². The number of nitrogens with one attached hydrogen (secondary N) is 1. The second-order valence-corrected chi connectivity index (χ2v) is 9.99. The van der Waals surface area contributed by atoms with Crippen LogP contribution in [0.15, 0.2) is 82.2 Å². The molecule has 33 heavy (non-hydrogen) atoms. The third-order valence-electron chi connectivity index (χ3n) is 5.00. The molecule has 1 N–H and O–H groups in total. The SMILES string of the molecule is COc1ccc([C@@H](C)NC(=O)CN(c2cccc(Br)c2)S(=O)(=O)c2ccccc2)cc1OC. The first kappa shape index (κ1) is 24.6. The zero-order valence-corrected chi connectivity index (χ0v) is 20.9. The maximum Gasteiger partial charge on any atom is 0.264 e. The molecule has 3 aromatic rings. The Morgan fingerprint density at radius 3 is 2.30 bits per heavy atom. The van der Waals surface area contributed by atoms with Crippen molar-refractivity contribution in [2.75, 3.05) is 25.1 Å². The van der Waals surface area contributed by atoms with Gasteiger partial charge in [0.25, 0.3) is 10.0 Å². The summed E-state index contributed by atoms with van der Waals surface area (Å²) in [5.41, 5.74) is 1.17. The monoisotopic (exact) mass is 532 g/mol. The summed E-state index contributed by atoms with van der Waals surface area (Å²) >= 11 is 3.37. The van der Waals surface area contributed by atoms with Gasteiger partial charge in [0.15, 0.2) is 11.5 Å². The van der Waals surface area contributed by atoms with E-state index in [1.807, 2.05) is 13.0 Å². The molecule has 0 heterocycles. The number of sulfonamides is 1. The second-order valence-electron chi connectivity index (χ2n) is 7.21. The molecule has 0 saturated carbocycles. The fourth-order valence-corrected chi connectivity index (χ4v) is 5.11. The number of carbonyl (C=O) groups excluding carboxylic acids is 1. The van der Waals surface area contributed by atoms with Crippen LogP contribution >= 0.6 is 15.9 Å². The van der Waals surface area contributed by atoms with Crippen molar-refractivity contribution in [3.63, 3.8) is 0 Å². The van der Waals surface area contributed by atoms with Crippen molar-refractivity contribution in [1.29, 1.82) is 0 Å². The van der Waals surface area contributed by atoms with E-state index >= 15 is 0 Å². The van der Waals surface area contributed by atoms with Gasteiger partial charge in [0.2, 0.25) is 5.91 Å². The van der Waals surface area contributed by atoms with Crippen molar-refractivity contribution >= 4 is 37.5 Å². The number of anilines is 1. The molecule has 174 valence electrons. The Morgan fingerprint density at radius 1 is 0.970 bits per heavy atom. The maximum atomic E-state index is 13.4. The first-order valence-electron chi connectivity index (χ1n) is 10.1. The van der Waals surface area contributed by atoms with Gasteiger partial charge in [-0.15, -0.1) is 0 Å². The molecule has 0 spiro atoms. The van der Waals surface area contributed by atoms with Gasteiger partial charge in [-0.2, -0.15) is 0 Å². The molecule has 0 bridgehead atoms. The van der Waals surface area contributed by atoms with Crippen LogP contribution in [0, 0.1) is 0 Å². The van der Waals surface area contributed by atoms with E-state index in [4.69, 9.17) is 9.47 Å². The lowest BCUT2D eigenvalue weighted by atomic mass is 10.1. The Labute approximate surface area is 202 Å². The third-order valence-corrected chi connectivity index (χ3v) is 7.28. The van der Waals surface area contributed by atoms with E-state index in [2.05, 4.69) is 21.2 Å². The fraction of sp³-hybridized carbons (Fsp3) is 0.208. The summed E-state index contributed by atoms with van der Waals surface area (Å²) < 4.78 is 39.2. The molecule has 7 nitrogen and oxygen atoms in total. The smallest absolute Gasteiger partial charge is 0.264 e. The third kappa shape index (κ3) is 5.85. The quantitative estimate of drug-likeness (QED) is 0.437. The van der Waals surface area contributed by atoms with E-state index in [0.29, 0.717) is 21.7 Å². The number of halogens is 1. The lowest BCUT2D eigenvalue weighted by molar-refractivity contribution is -0.120. The summed E-state index contributed by atoms with van der Waals surface area (Å²) in [5, 5.41) is 2.87. The molecule has 0 radical (unpaired) electrons. The van der Waals surface area contributed by atoms with E-state index in [0.717, 1.165) is 9.87 Å². The highest BCUT2D eigenvalue weighted by molar-refractivity contribution is 9.10. The zero-order chi connectivity index (χ0) is 24.0. The van der Waals surface area contributed by atoms with E-state index in [-0.39, 0.29) is 17.5 Å². The molecule has 3 rings (SSSR count). The summed E-state index contributed by atoms with van der Waals surface area (Å²) in [6.07, 6.45) is 0. The predicted molar refractivity (Wildman–Crippen MR) is 131 cm³/mol. The van der Waals surface area contributed by atoms with Gasteiger partial charge < -0.3 is 14.8 Å². The van der Waals surface area contributed by atoms with Crippen molar-refractivity contribution in [3.05, 3.63) is 82.8 Å². The molecule has 1 amide bonds. The minimum atomic E-state index is -3.97. The molecule has 0 aromatic heterocycles. The average Bonchev–Trinajstić information content (AvgIpc) is 2.82. The first-order chi connectivity index (χ1) is 15.8. The molecule has 9 heteroatoms. The van der Waals surface area contributed by atoms with Crippen LogP contribution in [0.2, 0.25) is 0 Å². The van der Waals surface area contributed by atoms with E-state index in [1.54, 1.807) is 61.7 Å². The predicted octanol–water partition coefficient (Wildman–Crippen LogP) is 4.54. The number of hydrogen-bond donors (Lipinski definition) is 1. The van der Waals surface area contributed by atoms with Gasteiger partial charge in [-0.25, -0.2) is 8.42 Å². The standard InChI is InChI=1S/C24H25BrN2O5S/c1-17(18-12-13-22(31-2)23(14-18)32-3)26-24(28)16-27(20-9-7-8-19(25)15-20)33(29,30)21-10-5-4-6-11-21/h4-15,17H,16H2,1-3H3,(H,26,28)/t17-/m1/s1. The van der Waals surface area contributed by atoms with Crippen molar-refractivity contribution in [3.8, 4) is 11.5 Å². The van der Waals surface area contributed by atoms with Crippen LogP contribution in [0.3, 0.4) is 0 Å². The van der Waals surface area contributed by atoms with Crippen LogP contribution in [-0.2, 0) is 14.8 Å². The van der Waals surface area contributed by atoms with Crippen LogP contribution < -0.4 is 19.1 Å². The fourth-order valence-electron chi connectivity index (χ4n) is 3.29. The van der Waals surface area contributed by atoms with Gasteiger partial charge in [0.05, 0.1) is 30.8 Å². The number of carbonyl (C=O) groups is 1. The number of rotatable bonds is 9. The summed E-state index contributed by atoms with van der Waals surface area (Å²) in [6, 6.07) is 19.8. The Morgan fingerprint density at radius 2 is 1.67 bits per heavy atom. The van der Waals surface area contributed by atoms with Crippen molar-refractivity contribution in [1.82, 2.24) is 5.32 Å². The van der Waals surface area contributed by atoms with Gasteiger partial charge in [0, 0.05) is 4.47 Å². The normalized spacial score (nSPS) is 12.0. The number of benzene rings is 3. The number of nitrogens with zero attached hydrogens (tertiary/aromatic N) is 1. The minimum absolute atomic E-state index is 0.103. The van der Waals surface area contributed by atoms with Crippen LogP contribution in [0.25, 0.3) is 0 Å². The molecule has 0 unspecified atom stereocenters. The molecule has 0 aliphatic rings. The molecule has 1 atom stereocenters. The number of ether oxygens (including phenoxy) is 2. The first-order valence-corrected chi connectivity index (χ1v) is 12.3. The number of amides is 1. The molecule has 0 aliphatic heterocycles. The van der Waals surface area contributed by atoms with Gasteiger partial charge >= 0.3 is 0 Å². The van der Waals surface area contributed by atoms with Gasteiger partial charge in [0.1, 0.15) is 6.54 Å². The van der Waals surface area contributed by atoms with E-state index in [9.17, 15) is 13.2 Å². The van der Waals surface area contributed by atoms with Crippen LogP contribution in [-0.4, -0.2) is 35.1 Å². The second kappa shape index (κ2) is 10.7. The highest BCUT2D eigenvalue weighted by Crippen LogP contribution is 2.30. The number of methoxy groups -OCH3 is 2. The van der Waals surface area contributed by atoms with Crippen molar-refractivity contribution in [2.24, 2.45) is 0 Å². The lowest BCUT2D eigenvalue weighted by Crippen LogP contribution is -2.41. The van der Waals surface area contributed by atoms with E-state index < -0.39 is 15.9 Å². The Balaban J connectivity index is 1.86. The lowest BCUT2D eigenvalue weighted by Gasteiger charge is -2.25. The minimum Gasteiger partial charge on any atom is -0.493 e. The molecule has 0 saturated heterocycles. The molecule has 3 aromatic carbocycles. The van der Waals surface area contributed by atoms with Crippen LogP contribution in [0.1, 0.15) is 18.5 Å². The summed E-state index contributed by atoms with van der Waals surface area (Å²) in [5.74, 6) is 0.671. The summed E-state index contributed by atoms with van der Waals surface area (Å²) in [6.45, 7) is 1.43. The van der Waals surface area contributed by atoms with Crippen LogP contribution in [0.4, 0.5) is 5.69 Å². The average molecular weight is 533 g/mol. The molecular weight excluding hydrogens is 508 g/mol. The highest BCUT2D eigenvalue weighted by atomic mass is 79.9. The van der Waals surface area contributed by atoms with Crippen molar-refractivity contribution in [2.45, 2.75) is 17.9 Å². The van der Waals surface area contributed by atoms with Gasteiger partial charge in [-0.05, 0) is 55.0 Å². The van der Waals surface area contributed by atoms with Crippen molar-refractivity contribution < 1.29 is 22.7 Å². The Bertz CT molecular complexity index is 1220. The topological polar surface area (TPSA) is 84.9 Å². The molecular formula is C24H25BrN2O5S. The summed E-state index contributed by atoms with van der Waals surface area (Å²) in [7, 11) is -0.886. The van der Waals surface area contributed by atoms with Gasteiger partial charge in [-0.3, -0.25) is 9.10 Å². The maximum absolute atomic E-state index is 13.4. The summed E-state index contributed by atoms with van der Waals surface area (Å²) in [4.78, 5) is 13.1.